The number of para-hydroxylation sites is 1. The summed E-state index contributed by atoms with van der Waals surface area (Å²) in [6.45, 7) is 5.43. The molecule has 0 amide bonds. The molecule has 2 unspecified atom stereocenters. The lowest BCUT2D eigenvalue weighted by atomic mass is 9.98. The highest BCUT2D eigenvalue weighted by Gasteiger charge is 2.25. The van der Waals surface area contributed by atoms with Crippen LogP contribution in [0.15, 0.2) is 18.2 Å². The Bertz CT molecular complexity index is 344. The molecular weight excluding hydrogens is 172 g/mol. The minimum absolute atomic E-state index is 0.123. The Morgan fingerprint density at radius 3 is 2.86 bits per heavy atom. The summed E-state index contributed by atoms with van der Waals surface area (Å²) >= 11 is 0. The van der Waals surface area contributed by atoms with E-state index in [1.54, 1.807) is 0 Å². The molecular formula is C12H18N2. The fourth-order valence-corrected chi connectivity index (χ4v) is 2.39. The van der Waals surface area contributed by atoms with Crippen molar-refractivity contribution in [3.63, 3.8) is 0 Å². The molecule has 0 radical (unpaired) electrons. The first-order chi connectivity index (χ1) is 6.61. The quantitative estimate of drug-likeness (QED) is 0.736. The van der Waals surface area contributed by atoms with Crippen LogP contribution in [-0.2, 0) is 0 Å². The molecule has 14 heavy (non-hydrogen) atoms. The Morgan fingerprint density at radius 2 is 2.21 bits per heavy atom. The molecule has 1 aliphatic heterocycles. The van der Waals surface area contributed by atoms with Gasteiger partial charge in [-0.3, -0.25) is 0 Å². The van der Waals surface area contributed by atoms with Gasteiger partial charge in [0, 0.05) is 31.2 Å². The second-order valence-corrected chi connectivity index (χ2v) is 4.36. The zero-order valence-electron chi connectivity index (χ0n) is 9.12. The summed E-state index contributed by atoms with van der Waals surface area (Å²) in [5.74, 6) is 0.633. The number of hydrogen-bond acceptors (Lipinski definition) is 2. The Hall–Kier alpha value is -1.02. The summed E-state index contributed by atoms with van der Waals surface area (Å²) in [6.07, 6.45) is 0. The largest absolute Gasteiger partial charge is 0.373 e. The van der Waals surface area contributed by atoms with Gasteiger partial charge in [-0.2, -0.15) is 0 Å². The van der Waals surface area contributed by atoms with Crippen molar-refractivity contribution in [2.75, 3.05) is 18.5 Å². The van der Waals surface area contributed by atoms with Crippen LogP contribution in [0.1, 0.15) is 36.9 Å². The fourth-order valence-electron chi connectivity index (χ4n) is 2.39. The highest BCUT2D eigenvalue weighted by molar-refractivity contribution is 5.65. The van der Waals surface area contributed by atoms with Crippen molar-refractivity contribution in [1.29, 1.82) is 0 Å². The lowest BCUT2D eigenvalue weighted by molar-refractivity contribution is 0.791. The van der Waals surface area contributed by atoms with E-state index in [1.807, 2.05) is 6.92 Å². The molecule has 1 aromatic carbocycles. The number of hydrogen-bond donors (Lipinski definition) is 1. The molecule has 2 heteroatoms. The minimum atomic E-state index is 0.123. The number of nitrogens with two attached hydrogens (primary N) is 1. The first-order valence-corrected chi connectivity index (χ1v) is 5.20. The van der Waals surface area contributed by atoms with Gasteiger partial charge in [-0.1, -0.05) is 25.1 Å². The molecule has 1 heterocycles. The molecule has 0 fully saturated rings. The van der Waals surface area contributed by atoms with Gasteiger partial charge < -0.3 is 10.6 Å². The number of benzene rings is 1. The molecule has 0 saturated carbocycles. The highest BCUT2D eigenvalue weighted by atomic mass is 15.1. The van der Waals surface area contributed by atoms with Gasteiger partial charge in [-0.25, -0.2) is 0 Å². The van der Waals surface area contributed by atoms with Gasteiger partial charge in [0.1, 0.15) is 0 Å². The van der Waals surface area contributed by atoms with Crippen molar-refractivity contribution in [3.05, 3.63) is 29.3 Å². The molecule has 76 valence electrons. The molecule has 1 aliphatic rings. The van der Waals surface area contributed by atoms with Crippen molar-refractivity contribution in [1.82, 2.24) is 0 Å². The second kappa shape index (κ2) is 3.28. The monoisotopic (exact) mass is 190 g/mol. The topological polar surface area (TPSA) is 29.3 Å². The average Bonchev–Trinajstić information content (AvgIpc) is 2.43. The number of likely N-dealkylation sites (N-methyl/N-ethyl adjacent to an activating group) is 1. The Morgan fingerprint density at radius 1 is 1.50 bits per heavy atom. The van der Waals surface area contributed by atoms with Crippen molar-refractivity contribution >= 4 is 5.69 Å². The number of anilines is 1. The van der Waals surface area contributed by atoms with E-state index >= 15 is 0 Å². The maximum absolute atomic E-state index is 5.97. The zero-order valence-corrected chi connectivity index (χ0v) is 9.12. The Kier molecular flexibility index (Phi) is 2.23. The van der Waals surface area contributed by atoms with Crippen LogP contribution in [0.3, 0.4) is 0 Å². The van der Waals surface area contributed by atoms with Crippen molar-refractivity contribution in [2.24, 2.45) is 5.73 Å². The summed E-state index contributed by atoms with van der Waals surface area (Å²) in [7, 11) is 2.15. The summed E-state index contributed by atoms with van der Waals surface area (Å²) in [5.41, 5.74) is 10.0. The van der Waals surface area contributed by atoms with Crippen LogP contribution < -0.4 is 10.6 Å². The normalized spacial score (nSPS) is 22.3. The molecule has 0 aromatic heterocycles. The summed E-state index contributed by atoms with van der Waals surface area (Å²) in [5, 5.41) is 0. The van der Waals surface area contributed by atoms with Gasteiger partial charge in [0.05, 0.1) is 0 Å². The van der Waals surface area contributed by atoms with Gasteiger partial charge in [0.25, 0.3) is 0 Å². The molecule has 0 saturated heterocycles. The van der Waals surface area contributed by atoms with Crippen LogP contribution >= 0.6 is 0 Å². The van der Waals surface area contributed by atoms with E-state index in [9.17, 15) is 0 Å². The van der Waals surface area contributed by atoms with Crippen molar-refractivity contribution < 1.29 is 0 Å². The molecule has 0 aliphatic carbocycles. The van der Waals surface area contributed by atoms with E-state index in [4.69, 9.17) is 5.73 Å². The molecule has 0 spiro atoms. The third-order valence-electron chi connectivity index (χ3n) is 3.05. The van der Waals surface area contributed by atoms with Gasteiger partial charge >= 0.3 is 0 Å². The lowest BCUT2D eigenvalue weighted by Crippen LogP contribution is -2.17. The predicted molar refractivity (Wildman–Crippen MR) is 60.7 cm³/mol. The second-order valence-electron chi connectivity index (χ2n) is 4.36. The van der Waals surface area contributed by atoms with Crippen molar-refractivity contribution in [2.45, 2.75) is 25.8 Å². The first kappa shape index (κ1) is 9.53. The molecule has 2 N–H and O–H groups in total. The van der Waals surface area contributed by atoms with Gasteiger partial charge in [-0.15, -0.1) is 0 Å². The van der Waals surface area contributed by atoms with Crippen molar-refractivity contribution in [3.8, 4) is 0 Å². The smallest absolute Gasteiger partial charge is 0.0448 e. The van der Waals surface area contributed by atoms with Crippen LogP contribution in [0.25, 0.3) is 0 Å². The summed E-state index contributed by atoms with van der Waals surface area (Å²) in [6, 6.07) is 6.60. The predicted octanol–water partition coefficient (Wildman–Crippen LogP) is 2.26. The summed E-state index contributed by atoms with van der Waals surface area (Å²) in [4.78, 5) is 2.32. The molecule has 2 atom stereocenters. The standard InChI is InChI=1S/C12H18N2/c1-8-7-14(3)12-10(8)5-4-6-11(12)9(2)13/h4-6,8-9H,7,13H2,1-3H3. The van der Waals surface area contributed by atoms with Gasteiger partial charge in [0.15, 0.2) is 0 Å². The third kappa shape index (κ3) is 1.30. The number of fused-ring (bicyclic) bond motifs is 1. The minimum Gasteiger partial charge on any atom is -0.373 e. The highest BCUT2D eigenvalue weighted by Crippen LogP contribution is 2.39. The van der Waals surface area contributed by atoms with Gasteiger partial charge in [0.2, 0.25) is 0 Å². The van der Waals surface area contributed by atoms with Crippen LogP contribution in [0.5, 0.6) is 0 Å². The fraction of sp³-hybridized carbons (Fsp3) is 0.500. The lowest BCUT2D eigenvalue weighted by Gasteiger charge is -2.18. The Labute approximate surface area is 85.7 Å². The maximum Gasteiger partial charge on any atom is 0.0448 e. The zero-order chi connectivity index (χ0) is 10.3. The van der Waals surface area contributed by atoms with E-state index in [-0.39, 0.29) is 6.04 Å². The number of nitrogens with zero attached hydrogens (tertiary/aromatic N) is 1. The molecule has 2 rings (SSSR count). The van der Waals surface area contributed by atoms with E-state index in [0.717, 1.165) is 6.54 Å². The molecule has 2 nitrogen and oxygen atoms in total. The van der Waals surface area contributed by atoms with Crippen LogP contribution in [0, 0.1) is 0 Å². The summed E-state index contributed by atoms with van der Waals surface area (Å²) < 4.78 is 0. The van der Waals surface area contributed by atoms with Crippen LogP contribution in [0.4, 0.5) is 5.69 Å². The SMILES string of the molecule is CC(N)c1cccc2c1N(C)CC2C. The average molecular weight is 190 g/mol. The van der Waals surface area contributed by atoms with E-state index in [2.05, 4.69) is 37.1 Å². The molecule has 1 aromatic rings. The van der Waals surface area contributed by atoms with Crippen LogP contribution in [-0.4, -0.2) is 13.6 Å². The number of rotatable bonds is 1. The van der Waals surface area contributed by atoms with Crippen LogP contribution in [0.2, 0.25) is 0 Å². The first-order valence-electron chi connectivity index (χ1n) is 5.20. The van der Waals surface area contributed by atoms with E-state index in [1.165, 1.54) is 16.8 Å². The third-order valence-corrected chi connectivity index (χ3v) is 3.05. The maximum atomic E-state index is 5.97. The van der Waals surface area contributed by atoms with Gasteiger partial charge in [-0.05, 0) is 18.1 Å². The Balaban J connectivity index is 2.56. The van der Waals surface area contributed by atoms with E-state index < -0.39 is 0 Å². The van der Waals surface area contributed by atoms with E-state index in [0.29, 0.717) is 5.92 Å². The molecule has 0 bridgehead atoms.